The molecule has 1 N–H and O–H groups in total. The summed E-state index contributed by atoms with van der Waals surface area (Å²) in [6.45, 7) is 5.52. The second kappa shape index (κ2) is 6.44. The average molecular weight is 279 g/mol. The first-order valence-corrected chi connectivity index (χ1v) is 8.13. The minimum absolute atomic E-state index is 0.714. The van der Waals surface area contributed by atoms with E-state index in [1.54, 1.807) is 0 Å². The van der Waals surface area contributed by atoms with Crippen molar-refractivity contribution < 1.29 is 0 Å². The maximum atomic E-state index is 3.62. The lowest BCUT2D eigenvalue weighted by atomic mass is 9.96. The van der Waals surface area contributed by atoms with Crippen LogP contribution in [0.15, 0.2) is 48.5 Å². The second-order valence-corrected chi connectivity index (χ2v) is 6.61. The van der Waals surface area contributed by atoms with Crippen molar-refractivity contribution in [1.29, 1.82) is 0 Å². The van der Waals surface area contributed by atoms with Gasteiger partial charge in [0.25, 0.3) is 0 Å². The molecule has 1 saturated carbocycles. The van der Waals surface area contributed by atoms with Gasteiger partial charge in [0.05, 0.1) is 0 Å². The molecule has 0 aromatic heterocycles. The van der Waals surface area contributed by atoms with Crippen molar-refractivity contribution >= 4 is 0 Å². The summed E-state index contributed by atoms with van der Waals surface area (Å²) in [7, 11) is 0. The molecule has 1 aliphatic rings. The standard InChI is InChI=1S/C20H25N/c1-15(2)13-16-7-9-17(10-8-16)20-6-4-3-5-18(20)14-21-19-11-12-19/h3-10,15,19,21H,11-14H2,1-2H3. The second-order valence-electron chi connectivity index (χ2n) is 6.61. The molecule has 1 fully saturated rings. The van der Waals surface area contributed by atoms with Gasteiger partial charge in [0.1, 0.15) is 0 Å². The summed E-state index contributed by atoms with van der Waals surface area (Å²) in [5.41, 5.74) is 5.53. The first-order valence-electron chi connectivity index (χ1n) is 8.13. The zero-order valence-corrected chi connectivity index (χ0v) is 13.1. The van der Waals surface area contributed by atoms with Gasteiger partial charge in [0.15, 0.2) is 0 Å². The molecule has 0 aliphatic heterocycles. The van der Waals surface area contributed by atoms with Crippen LogP contribution in [-0.4, -0.2) is 6.04 Å². The van der Waals surface area contributed by atoms with Gasteiger partial charge in [-0.3, -0.25) is 0 Å². The Hall–Kier alpha value is -1.60. The van der Waals surface area contributed by atoms with Crippen molar-refractivity contribution in [3.63, 3.8) is 0 Å². The zero-order valence-electron chi connectivity index (χ0n) is 13.1. The molecule has 0 spiro atoms. The molecule has 110 valence electrons. The molecule has 0 amide bonds. The molecule has 3 rings (SSSR count). The Bertz CT molecular complexity index is 579. The lowest BCUT2D eigenvalue weighted by molar-refractivity contribution is 0.647. The fraction of sp³-hybridized carbons (Fsp3) is 0.400. The molecular weight excluding hydrogens is 254 g/mol. The van der Waals surface area contributed by atoms with Crippen molar-refractivity contribution in [3.8, 4) is 11.1 Å². The van der Waals surface area contributed by atoms with E-state index in [4.69, 9.17) is 0 Å². The van der Waals surface area contributed by atoms with Gasteiger partial charge >= 0.3 is 0 Å². The van der Waals surface area contributed by atoms with Crippen LogP contribution in [0.5, 0.6) is 0 Å². The van der Waals surface area contributed by atoms with Gasteiger partial charge in [-0.15, -0.1) is 0 Å². The maximum absolute atomic E-state index is 3.62. The van der Waals surface area contributed by atoms with E-state index >= 15 is 0 Å². The number of nitrogens with one attached hydrogen (secondary N) is 1. The monoisotopic (exact) mass is 279 g/mol. The highest BCUT2D eigenvalue weighted by Crippen LogP contribution is 2.26. The largest absolute Gasteiger partial charge is 0.310 e. The lowest BCUT2D eigenvalue weighted by Crippen LogP contribution is -2.15. The van der Waals surface area contributed by atoms with Crippen molar-refractivity contribution in [3.05, 3.63) is 59.7 Å². The maximum Gasteiger partial charge on any atom is 0.0214 e. The third kappa shape index (κ3) is 3.95. The Balaban J connectivity index is 1.78. The highest BCUT2D eigenvalue weighted by Gasteiger charge is 2.20. The van der Waals surface area contributed by atoms with Crippen LogP contribution in [0.4, 0.5) is 0 Å². The summed E-state index contributed by atoms with van der Waals surface area (Å²) in [6, 6.07) is 18.6. The SMILES string of the molecule is CC(C)Cc1ccc(-c2ccccc2CNC2CC2)cc1. The average Bonchev–Trinajstić information content (AvgIpc) is 3.30. The molecule has 1 heteroatoms. The number of benzene rings is 2. The fourth-order valence-corrected chi connectivity index (χ4v) is 2.79. The van der Waals surface area contributed by atoms with Crippen LogP contribution in [0, 0.1) is 5.92 Å². The van der Waals surface area contributed by atoms with Crippen LogP contribution >= 0.6 is 0 Å². The van der Waals surface area contributed by atoms with Crippen LogP contribution in [0.3, 0.4) is 0 Å². The Morgan fingerprint density at radius 2 is 1.71 bits per heavy atom. The van der Waals surface area contributed by atoms with E-state index < -0.39 is 0 Å². The third-order valence-electron chi connectivity index (χ3n) is 4.08. The topological polar surface area (TPSA) is 12.0 Å². The molecule has 0 radical (unpaired) electrons. The molecule has 0 saturated heterocycles. The van der Waals surface area contributed by atoms with Gasteiger partial charge in [0, 0.05) is 12.6 Å². The normalized spacial score (nSPS) is 14.6. The van der Waals surface area contributed by atoms with Crippen LogP contribution in [0.1, 0.15) is 37.8 Å². The summed E-state index contributed by atoms with van der Waals surface area (Å²) >= 11 is 0. The van der Waals surface area contributed by atoms with Crippen LogP contribution in [-0.2, 0) is 13.0 Å². The van der Waals surface area contributed by atoms with Crippen LogP contribution < -0.4 is 5.32 Å². The van der Waals surface area contributed by atoms with Crippen molar-refractivity contribution in [2.45, 2.75) is 45.7 Å². The van der Waals surface area contributed by atoms with Gasteiger partial charge in [-0.05, 0) is 47.4 Å². The number of rotatable bonds is 6. The predicted octanol–water partition coefficient (Wildman–Crippen LogP) is 4.80. The van der Waals surface area contributed by atoms with E-state index in [2.05, 4.69) is 67.7 Å². The molecule has 21 heavy (non-hydrogen) atoms. The Morgan fingerprint density at radius 1 is 1.00 bits per heavy atom. The third-order valence-corrected chi connectivity index (χ3v) is 4.08. The Kier molecular flexibility index (Phi) is 4.40. The predicted molar refractivity (Wildman–Crippen MR) is 90.3 cm³/mol. The van der Waals surface area contributed by atoms with Gasteiger partial charge in [-0.25, -0.2) is 0 Å². The van der Waals surface area contributed by atoms with Crippen molar-refractivity contribution in [2.24, 2.45) is 5.92 Å². The first-order chi connectivity index (χ1) is 10.2. The summed E-state index contributed by atoms with van der Waals surface area (Å²) in [4.78, 5) is 0. The molecule has 0 atom stereocenters. The minimum Gasteiger partial charge on any atom is -0.310 e. The molecule has 0 heterocycles. The molecule has 0 bridgehead atoms. The highest BCUT2D eigenvalue weighted by molar-refractivity contribution is 5.67. The number of hydrogen-bond acceptors (Lipinski definition) is 1. The lowest BCUT2D eigenvalue weighted by Gasteiger charge is -2.12. The summed E-state index contributed by atoms with van der Waals surface area (Å²) in [6.07, 6.45) is 3.84. The van der Waals surface area contributed by atoms with E-state index in [-0.39, 0.29) is 0 Å². The minimum atomic E-state index is 0.714. The fourth-order valence-electron chi connectivity index (χ4n) is 2.79. The Labute approximate surface area is 128 Å². The van der Waals surface area contributed by atoms with Crippen LogP contribution in [0.2, 0.25) is 0 Å². The summed E-state index contributed by atoms with van der Waals surface area (Å²) in [5.74, 6) is 0.714. The van der Waals surface area contributed by atoms with Gasteiger partial charge in [-0.2, -0.15) is 0 Å². The van der Waals surface area contributed by atoms with E-state index in [1.165, 1.54) is 35.1 Å². The number of hydrogen-bond donors (Lipinski definition) is 1. The molecule has 1 aliphatic carbocycles. The quantitative estimate of drug-likeness (QED) is 0.800. The summed E-state index contributed by atoms with van der Waals surface area (Å²) in [5, 5.41) is 3.62. The summed E-state index contributed by atoms with van der Waals surface area (Å²) < 4.78 is 0. The van der Waals surface area contributed by atoms with E-state index in [0.717, 1.165) is 19.0 Å². The van der Waals surface area contributed by atoms with Gasteiger partial charge in [-0.1, -0.05) is 62.4 Å². The molecule has 1 nitrogen and oxygen atoms in total. The molecule has 0 unspecified atom stereocenters. The molecular formula is C20H25N. The van der Waals surface area contributed by atoms with Gasteiger partial charge < -0.3 is 5.32 Å². The van der Waals surface area contributed by atoms with Gasteiger partial charge in [0.2, 0.25) is 0 Å². The highest BCUT2D eigenvalue weighted by atomic mass is 14.9. The zero-order chi connectivity index (χ0) is 14.7. The first kappa shape index (κ1) is 14.3. The van der Waals surface area contributed by atoms with Crippen LogP contribution in [0.25, 0.3) is 11.1 Å². The van der Waals surface area contributed by atoms with Crippen molar-refractivity contribution in [1.82, 2.24) is 5.32 Å². The molecule has 2 aromatic carbocycles. The molecule has 2 aromatic rings. The van der Waals surface area contributed by atoms with E-state index in [0.29, 0.717) is 5.92 Å². The smallest absolute Gasteiger partial charge is 0.0214 e. The van der Waals surface area contributed by atoms with E-state index in [1.807, 2.05) is 0 Å². The van der Waals surface area contributed by atoms with E-state index in [9.17, 15) is 0 Å². The Morgan fingerprint density at radius 3 is 2.38 bits per heavy atom. The van der Waals surface area contributed by atoms with Crippen molar-refractivity contribution in [2.75, 3.05) is 0 Å².